The van der Waals surface area contributed by atoms with Gasteiger partial charge in [-0.25, -0.2) is 4.79 Å². The van der Waals surface area contributed by atoms with Crippen molar-refractivity contribution in [1.29, 1.82) is 0 Å². The minimum Gasteiger partial charge on any atom is -0.480 e. The summed E-state index contributed by atoms with van der Waals surface area (Å²) in [6.45, 7) is 0. The van der Waals surface area contributed by atoms with Crippen LogP contribution in [0, 0.1) is 0 Å². The lowest BCUT2D eigenvalue weighted by molar-refractivity contribution is -0.139. The highest BCUT2D eigenvalue weighted by Crippen LogP contribution is 2.08. The molecular formula is C13H16ClNO3S. The van der Waals surface area contributed by atoms with E-state index in [0.717, 1.165) is 5.56 Å². The number of thioether (sulfide) groups is 1. The molecule has 0 radical (unpaired) electrons. The van der Waals surface area contributed by atoms with E-state index in [9.17, 15) is 9.59 Å². The number of amides is 1. The van der Waals surface area contributed by atoms with Crippen molar-refractivity contribution < 1.29 is 14.7 Å². The minimum atomic E-state index is -1.01. The maximum absolute atomic E-state index is 11.9. The Bertz CT molecular complexity index is 436. The summed E-state index contributed by atoms with van der Waals surface area (Å²) in [5.41, 5.74) is 1.35. The molecule has 4 nitrogen and oxygen atoms in total. The molecule has 1 atom stereocenters. The zero-order valence-electron chi connectivity index (χ0n) is 10.6. The molecule has 0 aliphatic rings. The standard InChI is InChI=1S/C13H16ClNO3S/c1-19-7-6-11(13(17)18)15-12(16)10-4-2-9(8-14)3-5-10/h2-5,11H,6-8H2,1H3,(H,15,16)(H,17,18). The predicted molar refractivity (Wildman–Crippen MR) is 77.9 cm³/mol. The Labute approximate surface area is 121 Å². The Morgan fingerprint density at radius 1 is 1.37 bits per heavy atom. The zero-order chi connectivity index (χ0) is 14.3. The second-order valence-corrected chi connectivity index (χ2v) is 5.23. The van der Waals surface area contributed by atoms with Gasteiger partial charge in [-0.2, -0.15) is 11.8 Å². The lowest BCUT2D eigenvalue weighted by Gasteiger charge is -2.14. The SMILES string of the molecule is CSCCC(NC(=O)c1ccc(CCl)cc1)C(=O)O. The van der Waals surface area contributed by atoms with Crippen LogP contribution in [0.1, 0.15) is 22.3 Å². The van der Waals surface area contributed by atoms with Gasteiger partial charge in [-0.15, -0.1) is 11.6 Å². The molecule has 1 amide bonds. The summed E-state index contributed by atoms with van der Waals surface area (Å²) >= 11 is 7.21. The summed E-state index contributed by atoms with van der Waals surface area (Å²) in [4.78, 5) is 22.9. The Morgan fingerprint density at radius 3 is 2.47 bits per heavy atom. The van der Waals surface area contributed by atoms with Crippen LogP contribution < -0.4 is 5.32 Å². The number of carbonyl (C=O) groups is 2. The van der Waals surface area contributed by atoms with Crippen molar-refractivity contribution in [2.75, 3.05) is 12.0 Å². The highest BCUT2D eigenvalue weighted by atomic mass is 35.5. The van der Waals surface area contributed by atoms with Gasteiger partial charge < -0.3 is 10.4 Å². The Balaban J connectivity index is 2.67. The lowest BCUT2D eigenvalue weighted by Crippen LogP contribution is -2.41. The number of halogens is 1. The molecule has 0 saturated heterocycles. The maximum Gasteiger partial charge on any atom is 0.326 e. The second kappa shape index (κ2) is 8.07. The van der Waals surface area contributed by atoms with Crippen molar-refractivity contribution in [2.24, 2.45) is 0 Å². The molecule has 1 rings (SSSR count). The number of nitrogens with one attached hydrogen (secondary N) is 1. The van der Waals surface area contributed by atoms with Gasteiger partial charge in [0.2, 0.25) is 0 Å². The molecular weight excluding hydrogens is 286 g/mol. The molecule has 0 bridgehead atoms. The highest BCUT2D eigenvalue weighted by molar-refractivity contribution is 7.98. The van der Waals surface area contributed by atoms with Crippen molar-refractivity contribution in [2.45, 2.75) is 18.3 Å². The van der Waals surface area contributed by atoms with E-state index in [1.807, 2.05) is 6.26 Å². The predicted octanol–water partition coefficient (Wildman–Crippen LogP) is 2.36. The Kier molecular flexibility index (Phi) is 6.73. The van der Waals surface area contributed by atoms with Crippen LogP contribution >= 0.6 is 23.4 Å². The van der Waals surface area contributed by atoms with Crippen molar-refractivity contribution in [3.8, 4) is 0 Å². The van der Waals surface area contributed by atoms with E-state index in [1.54, 1.807) is 36.0 Å². The number of rotatable bonds is 7. The number of benzene rings is 1. The van der Waals surface area contributed by atoms with Crippen molar-refractivity contribution >= 4 is 35.2 Å². The van der Waals surface area contributed by atoms with E-state index in [4.69, 9.17) is 16.7 Å². The number of carboxylic acid groups (broad SMARTS) is 1. The highest BCUT2D eigenvalue weighted by Gasteiger charge is 2.19. The van der Waals surface area contributed by atoms with Crippen LogP contribution in [0.3, 0.4) is 0 Å². The molecule has 1 unspecified atom stereocenters. The molecule has 1 aromatic carbocycles. The molecule has 0 aliphatic carbocycles. The van der Waals surface area contributed by atoms with E-state index in [1.165, 1.54) is 0 Å². The van der Waals surface area contributed by atoms with E-state index >= 15 is 0 Å². The van der Waals surface area contributed by atoms with Crippen LogP contribution in [0.15, 0.2) is 24.3 Å². The second-order valence-electron chi connectivity index (χ2n) is 3.98. The summed E-state index contributed by atoms with van der Waals surface area (Å²) in [6, 6.07) is 5.92. The summed E-state index contributed by atoms with van der Waals surface area (Å²) in [7, 11) is 0. The monoisotopic (exact) mass is 301 g/mol. The van der Waals surface area contributed by atoms with Gasteiger partial charge in [0, 0.05) is 11.4 Å². The van der Waals surface area contributed by atoms with Crippen LogP contribution in [-0.4, -0.2) is 35.0 Å². The smallest absolute Gasteiger partial charge is 0.326 e. The molecule has 0 heterocycles. The third-order valence-electron chi connectivity index (χ3n) is 2.58. The first kappa shape index (κ1) is 15.9. The van der Waals surface area contributed by atoms with E-state index in [2.05, 4.69) is 5.32 Å². The van der Waals surface area contributed by atoms with Gasteiger partial charge in [0.15, 0.2) is 0 Å². The quantitative estimate of drug-likeness (QED) is 0.759. The van der Waals surface area contributed by atoms with Crippen LogP contribution in [-0.2, 0) is 10.7 Å². The molecule has 0 saturated carbocycles. The largest absolute Gasteiger partial charge is 0.480 e. The van der Waals surface area contributed by atoms with Crippen LogP contribution in [0.2, 0.25) is 0 Å². The summed E-state index contributed by atoms with van der Waals surface area (Å²) in [5.74, 6) is -0.329. The molecule has 19 heavy (non-hydrogen) atoms. The van der Waals surface area contributed by atoms with Crippen LogP contribution in [0.5, 0.6) is 0 Å². The first-order chi connectivity index (χ1) is 9.08. The Hall–Kier alpha value is -1.20. The minimum absolute atomic E-state index is 0.380. The van der Waals surface area contributed by atoms with Gasteiger partial charge >= 0.3 is 5.97 Å². The fourth-order valence-electron chi connectivity index (χ4n) is 1.48. The summed E-state index contributed by atoms with van der Waals surface area (Å²) < 4.78 is 0. The molecule has 0 aliphatic heterocycles. The molecule has 0 aromatic heterocycles. The van der Waals surface area contributed by atoms with Crippen molar-refractivity contribution in [1.82, 2.24) is 5.32 Å². The number of hydrogen-bond donors (Lipinski definition) is 2. The van der Waals surface area contributed by atoms with Gasteiger partial charge in [0.1, 0.15) is 6.04 Å². The molecule has 1 aromatic rings. The molecule has 0 spiro atoms. The lowest BCUT2D eigenvalue weighted by atomic mass is 10.1. The van der Waals surface area contributed by atoms with Gasteiger partial charge in [-0.3, -0.25) is 4.79 Å². The molecule has 0 fully saturated rings. The van der Waals surface area contributed by atoms with Gasteiger partial charge in [0.05, 0.1) is 0 Å². The molecule has 2 N–H and O–H groups in total. The average molecular weight is 302 g/mol. The number of carboxylic acids is 1. The number of aliphatic carboxylic acids is 1. The Morgan fingerprint density at radius 2 is 2.00 bits per heavy atom. The summed E-state index contributed by atoms with van der Waals surface area (Å²) in [5, 5.41) is 11.6. The van der Waals surface area contributed by atoms with E-state index < -0.39 is 12.0 Å². The van der Waals surface area contributed by atoms with Crippen molar-refractivity contribution in [3.05, 3.63) is 35.4 Å². The number of carbonyl (C=O) groups excluding carboxylic acids is 1. The third kappa shape index (κ3) is 5.12. The zero-order valence-corrected chi connectivity index (χ0v) is 12.1. The first-order valence-electron chi connectivity index (χ1n) is 5.76. The first-order valence-corrected chi connectivity index (χ1v) is 7.68. The van der Waals surface area contributed by atoms with E-state index in [-0.39, 0.29) is 5.91 Å². The number of alkyl halides is 1. The van der Waals surface area contributed by atoms with Gasteiger partial charge in [-0.1, -0.05) is 12.1 Å². The fourth-order valence-corrected chi connectivity index (χ4v) is 2.13. The average Bonchev–Trinajstić information content (AvgIpc) is 2.43. The van der Waals surface area contributed by atoms with Crippen LogP contribution in [0.25, 0.3) is 0 Å². The van der Waals surface area contributed by atoms with Gasteiger partial charge in [-0.05, 0) is 36.1 Å². The molecule has 104 valence electrons. The van der Waals surface area contributed by atoms with Gasteiger partial charge in [0.25, 0.3) is 5.91 Å². The van der Waals surface area contributed by atoms with Crippen molar-refractivity contribution in [3.63, 3.8) is 0 Å². The van der Waals surface area contributed by atoms with E-state index in [0.29, 0.717) is 23.6 Å². The molecule has 6 heteroatoms. The van der Waals surface area contributed by atoms with Crippen LogP contribution in [0.4, 0.5) is 0 Å². The normalized spacial score (nSPS) is 11.9. The summed E-state index contributed by atoms with van der Waals surface area (Å²) in [6.07, 6.45) is 2.30. The third-order valence-corrected chi connectivity index (χ3v) is 3.54. The fraction of sp³-hybridized carbons (Fsp3) is 0.385. The number of hydrogen-bond acceptors (Lipinski definition) is 3. The maximum atomic E-state index is 11.9. The topological polar surface area (TPSA) is 66.4 Å².